The number of Topliss-reactive ketones (excluding diaryl/α,β-unsaturated/α-hetero) is 1. The average Bonchev–Trinajstić information content (AvgIpc) is 3.50. The van der Waals surface area contributed by atoms with Gasteiger partial charge in [0, 0.05) is 43.6 Å². The number of benzene rings is 1. The van der Waals surface area contributed by atoms with Crippen LogP contribution in [0.1, 0.15) is 32.1 Å². The predicted octanol–water partition coefficient (Wildman–Crippen LogP) is 2.54. The Kier molecular flexibility index (Phi) is 6.01. The summed E-state index contributed by atoms with van der Waals surface area (Å²) in [7, 11) is 1.49. The summed E-state index contributed by atoms with van der Waals surface area (Å²) >= 11 is 0. The van der Waals surface area contributed by atoms with Gasteiger partial charge in [-0.05, 0) is 32.0 Å². The number of carbonyl (C=O) groups excluding carboxylic acids is 3. The Hall–Kier alpha value is -4.47. The number of aryl methyl sites for hydroxylation is 2. The highest BCUT2D eigenvalue weighted by Crippen LogP contribution is 2.32. The molecule has 0 radical (unpaired) electrons. The van der Waals surface area contributed by atoms with E-state index in [9.17, 15) is 14.4 Å². The van der Waals surface area contributed by atoms with Crippen molar-refractivity contribution in [2.45, 2.75) is 13.8 Å². The largest absolute Gasteiger partial charge is 0.494 e. The average molecular weight is 487 g/mol. The first kappa shape index (κ1) is 23.3. The molecule has 1 aliphatic heterocycles. The van der Waals surface area contributed by atoms with Crippen LogP contribution in [-0.4, -0.2) is 80.4 Å². The summed E-state index contributed by atoms with van der Waals surface area (Å²) in [6, 6.07) is 11.0. The molecule has 0 bridgehead atoms. The molecule has 36 heavy (non-hydrogen) atoms. The highest BCUT2D eigenvalue weighted by atomic mass is 16.5. The minimum atomic E-state index is -0.645. The van der Waals surface area contributed by atoms with E-state index in [1.54, 1.807) is 21.7 Å². The molecule has 1 fully saturated rings. The molecule has 5 rings (SSSR count). The third kappa shape index (κ3) is 4.00. The predicted molar refractivity (Wildman–Crippen MR) is 132 cm³/mol. The first-order chi connectivity index (χ1) is 17.4. The molecule has 0 spiro atoms. The molecule has 0 atom stereocenters. The summed E-state index contributed by atoms with van der Waals surface area (Å²) in [5.74, 6) is -0.455. The number of pyridine rings is 1. The van der Waals surface area contributed by atoms with Gasteiger partial charge in [-0.2, -0.15) is 5.10 Å². The quantitative estimate of drug-likeness (QED) is 0.343. The van der Waals surface area contributed by atoms with E-state index in [1.807, 2.05) is 38.1 Å². The number of ether oxygens (including phenoxy) is 1. The number of hydrogen-bond acceptors (Lipinski definition) is 6. The summed E-state index contributed by atoms with van der Waals surface area (Å²) in [5, 5.41) is 4.97. The lowest BCUT2D eigenvalue weighted by molar-refractivity contribution is -0.127. The number of piperazine rings is 1. The number of rotatable bonds is 5. The van der Waals surface area contributed by atoms with Crippen molar-refractivity contribution in [1.82, 2.24) is 29.5 Å². The number of ketones is 1. The van der Waals surface area contributed by atoms with E-state index < -0.39 is 11.7 Å². The van der Waals surface area contributed by atoms with Crippen LogP contribution in [0.2, 0.25) is 0 Å². The summed E-state index contributed by atoms with van der Waals surface area (Å²) in [6.07, 6.45) is 3.04. The van der Waals surface area contributed by atoms with Crippen LogP contribution in [0.5, 0.6) is 5.75 Å². The fraction of sp³-hybridized carbons (Fsp3) is 0.269. The van der Waals surface area contributed by atoms with Crippen LogP contribution >= 0.6 is 0 Å². The van der Waals surface area contributed by atoms with Gasteiger partial charge in [0.1, 0.15) is 5.75 Å². The Morgan fingerprint density at radius 2 is 1.69 bits per heavy atom. The zero-order valence-corrected chi connectivity index (χ0v) is 20.3. The van der Waals surface area contributed by atoms with Gasteiger partial charge in [0.05, 0.1) is 35.5 Å². The molecule has 1 N–H and O–H groups in total. The fourth-order valence-corrected chi connectivity index (χ4v) is 4.58. The van der Waals surface area contributed by atoms with E-state index in [1.165, 1.54) is 24.4 Å². The molecule has 10 nitrogen and oxygen atoms in total. The van der Waals surface area contributed by atoms with Gasteiger partial charge in [-0.3, -0.25) is 14.4 Å². The van der Waals surface area contributed by atoms with Crippen molar-refractivity contribution in [2.24, 2.45) is 0 Å². The van der Waals surface area contributed by atoms with Gasteiger partial charge >= 0.3 is 0 Å². The zero-order valence-electron chi connectivity index (χ0n) is 20.3. The number of nitrogens with zero attached hydrogens (tertiary/aromatic N) is 5. The molecule has 0 aliphatic carbocycles. The number of fused-ring (bicyclic) bond motifs is 1. The van der Waals surface area contributed by atoms with Crippen molar-refractivity contribution in [2.75, 3.05) is 33.3 Å². The first-order valence-corrected chi connectivity index (χ1v) is 11.6. The minimum absolute atomic E-state index is 0.0837. The van der Waals surface area contributed by atoms with Crippen LogP contribution in [0, 0.1) is 13.8 Å². The van der Waals surface area contributed by atoms with Crippen molar-refractivity contribution in [1.29, 1.82) is 0 Å². The van der Waals surface area contributed by atoms with Crippen LogP contribution in [0.15, 0.2) is 48.8 Å². The maximum atomic E-state index is 13.4. The molecule has 184 valence electrons. The van der Waals surface area contributed by atoms with Crippen LogP contribution in [0.3, 0.4) is 0 Å². The van der Waals surface area contributed by atoms with Crippen LogP contribution in [0.4, 0.5) is 0 Å². The summed E-state index contributed by atoms with van der Waals surface area (Å²) in [6.45, 7) is 5.08. The van der Waals surface area contributed by atoms with Crippen molar-refractivity contribution in [3.8, 4) is 11.6 Å². The van der Waals surface area contributed by atoms with Gasteiger partial charge in [-0.15, -0.1) is 0 Å². The van der Waals surface area contributed by atoms with E-state index in [2.05, 4.69) is 15.1 Å². The molecule has 1 saturated heterocycles. The SMILES string of the molecule is COc1cnc(-n2nc(C)cc2C)c2[nH]cc(C(=O)C(=O)N3CCN(C(=O)c4ccccc4)CC3)c12. The number of nitrogens with one attached hydrogen (secondary N) is 1. The second kappa shape index (κ2) is 9.29. The van der Waals surface area contributed by atoms with Crippen LogP contribution in [0.25, 0.3) is 16.7 Å². The number of H-pyrrole nitrogens is 1. The Bertz CT molecular complexity index is 1460. The van der Waals surface area contributed by atoms with E-state index in [0.29, 0.717) is 41.1 Å². The molecule has 3 aromatic heterocycles. The Morgan fingerprint density at radius 1 is 1.00 bits per heavy atom. The molecular weight excluding hydrogens is 460 g/mol. The van der Waals surface area contributed by atoms with Gasteiger partial charge in [0.25, 0.3) is 17.6 Å². The second-order valence-corrected chi connectivity index (χ2v) is 8.72. The Labute approximate surface area is 207 Å². The maximum Gasteiger partial charge on any atom is 0.295 e. The molecule has 4 aromatic rings. The normalized spacial score (nSPS) is 13.8. The lowest BCUT2D eigenvalue weighted by Gasteiger charge is -2.34. The summed E-state index contributed by atoms with van der Waals surface area (Å²) in [5.41, 5.74) is 3.08. The van der Waals surface area contributed by atoms with Crippen LogP contribution < -0.4 is 4.74 Å². The van der Waals surface area contributed by atoms with Crippen molar-refractivity contribution >= 4 is 28.5 Å². The summed E-state index contributed by atoms with van der Waals surface area (Å²) < 4.78 is 7.16. The lowest BCUT2D eigenvalue weighted by atomic mass is 10.1. The van der Waals surface area contributed by atoms with E-state index >= 15 is 0 Å². The monoisotopic (exact) mass is 486 g/mol. The first-order valence-electron chi connectivity index (χ1n) is 11.6. The van der Waals surface area contributed by atoms with Crippen molar-refractivity contribution < 1.29 is 19.1 Å². The molecule has 2 amide bonds. The maximum absolute atomic E-state index is 13.4. The van der Waals surface area contributed by atoms with E-state index in [0.717, 1.165) is 11.4 Å². The number of aromatic amines is 1. The van der Waals surface area contributed by atoms with E-state index in [-0.39, 0.29) is 24.6 Å². The number of hydrogen-bond donors (Lipinski definition) is 1. The topological polar surface area (TPSA) is 113 Å². The van der Waals surface area contributed by atoms with Crippen molar-refractivity contribution in [3.63, 3.8) is 0 Å². The number of aromatic nitrogens is 4. The highest BCUT2D eigenvalue weighted by molar-refractivity contribution is 6.45. The zero-order chi connectivity index (χ0) is 25.4. The lowest BCUT2D eigenvalue weighted by Crippen LogP contribution is -2.52. The smallest absolute Gasteiger partial charge is 0.295 e. The molecule has 10 heteroatoms. The molecule has 4 heterocycles. The summed E-state index contributed by atoms with van der Waals surface area (Å²) in [4.78, 5) is 50.0. The molecule has 1 aliphatic rings. The third-order valence-corrected chi connectivity index (χ3v) is 6.40. The highest BCUT2D eigenvalue weighted by Gasteiger charge is 2.31. The molecule has 1 aromatic carbocycles. The van der Waals surface area contributed by atoms with Gasteiger partial charge in [0.15, 0.2) is 5.82 Å². The van der Waals surface area contributed by atoms with Gasteiger partial charge in [-0.1, -0.05) is 18.2 Å². The van der Waals surface area contributed by atoms with Crippen molar-refractivity contribution in [3.05, 3.63) is 71.3 Å². The molecule has 0 saturated carbocycles. The third-order valence-electron chi connectivity index (χ3n) is 6.40. The van der Waals surface area contributed by atoms with Gasteiger partial charge < -0.3 is 19.5 Å². The Balaban J connectivity index is 1.38. The fourth-order valence-electron chi connectivity index (χ4n) is 4.58. The number of amides is 2. The van der Waals surface area contributed by atoms with Gasteiger partial charge in [-0.25, -0.2) is 9.67 Å². The molecule has 0 unspecified atom stereocenters. The van der Waals surface area contributed by atoms with Gasteiger partial charge in [0.2, 0.25) is 0 Å². The standard InChI is InChI=1S/C26H26N6O4/c1-16-13-17(2)32(29-16)24-22-21(20(36-3)15-28-24)19(14-27-22)23(33)26(35)31-11-9-30(10-12-31)25(34)18-7-5-4-6-8-18/h4-8,13-15,27H,9-12H2,1-3H3. The van der Waals surface area contributed by atoms with E-state index in [4.69, 9.17) is 4.74 Å². The van der Waals surface area contributed by atoms with Crippen LogP contribution in [-0.2, 0) is 4.79 Å². The number of carbonyl (C=O) groups is 3. The number of methoxy groups -OCH3 is 1. The minimum Gasteiger partial charge on any atom is -0.494 e. The molecular formula is C26H26N6O4. The second-order valence-electron chi connectivity index (χ2n) is 8.72. The Morgan fingerprint density at radius 3 is 2.33 bits per heavy atom.